The second-order valence-corrected chi connectivity index (χ2v) is 6.40. The number of hydrogen-bond donors (Lipinski definition) is 2. The van der Waals surface area contributed by atoms with E-state index in [-0.39, 0.29) is 5.75 Å². The molecule has 0 aromatic carbocycles. The van der Waals surface area contributed by atoms with E-state index in [0.29, 0.717) is 18.9 Å². The molecule has 0 spiro atoms. The summed E-state index contributed by atoms with van der Waals surface area (Å²) in [5.41, 5.74) is 0.972. The number of sulfonamides is 1. The van der Waals surface area contributed by atoms with Crippen LogP contribution in [0.5, 0.6) is 0 Å². The van der Waals surface area contributed by atoms with Gasteiger partial charge in [0.25, 0.3) is 0 Å². The van der Waals surface area contributed by atoms with Crippen molar-refractivity contribution in [1.29, 1.82) is 0 Å². The van der Waals surface area contributed by atoms with Crippen LogP contribution in [0.1, 0.15) is 12.5 Å². The SMILES string of the molecule is CCNS(=O)(=O)CCNc1ncc(Br)cc1C. The van der Waals surface area contributed by atoms with Crippen molar-refractivity contribution in [2.45, 2.75) is 13.8 Å². The highest BCUT2D eigenvalue weighted by Gasteiger charge is 2.08. The number of aromatic nitrogens is 1. The van der Waals surface area contributed by atoms with E-state index in [1.807, 2.05) is 13.0 Å². The van der Waals surface area contributed by atoms with E-state index in [2.05, 4.69) is 31.0 Å². The van der Waals surface area contributed by atoms with Crippen molar-refractivity contribution in [2.24, 2.45) is 0 Å². The maximum absolute atomic E-state index is 11.4. The first-order chi connectivity index (χ1) is 7.94. The Morgan fingerprint density at radius 3 is 2.76 bits per heavy atom. The Morgan fingerprint density at radius 1 is 1.47 bits per heavy atom. The van der Waals surface area contributed by atoms with Gasteiger partial charge in [0, 0.05) is 23.8 Å². The zero-order chi connectivity index (χ0) is 12.9. The summed E-state index contributed by atoms with van der Waals surface area (Å²) < 4.78 is 26.1. The van der Waals surface area contributed by atoms with Gasteiger partial charge in [0.2, 0.25) is 10.0 Å². The molecule has 0 aliphatic rings. The second kappa shape index (κ2) is 6.32. The van der Waals surface area contributed by atoms with Crippen LogP contribution in [0.3, 0.4) is 0 Å². The molecule has 5 nitrogen and oxygen atoms in total. The van der Waals surface area contributed by atoms with Crippen LogP contribution in [-0.4, -0.2) is 32.2 Å². The predicted octanol–water partition coefficient (Wildman–Crippen LogP) is 1.50. The van der Waals surface area contributed by atoms with Crippen molar-refractivity contribution >= 4 is 31.8 Å². The highest BCUT2D eigenvalue weighted by molar-refractivity contribution is 9.10. The molecule has 0 aliphatic heterocycles. The number of pyridine rings is 1. The molecule has 0 unspecified atom stereocenters. The molecule has 7 heteroatoms. The number of nitrogens with zero attached hydrogens (tertiary/aromatic N) is 1. The minimum absolute atomic E-state index is 0.0397. The molecule has 0 amide bonds. The van der Waals surface area contributed by atoms with Gasteiger partial charge in [-0.3, -0.25) is 0 Å². The van der Waals surface area contributed by atoms with Crippen molar-refractivity contribution in [2.75, 3.05) is 24.2 Å². The fraction of sp³-hybridized carbons (Fsp3) is 0.500. The summed E-state index contributed by atoms with van der Waals surface area (Å²) in [4.78, 5) is 4.17. The Labute approximate surface area is 110 Å². The van der Waals surface area contributed by atoms with E-state index in [1.54, 1.807) is 13.1 Å². The monoisotopic (exact) mass is 321 g/mol. The van der Waals surface area contributed by atoms with Gasteiger partial charge in [0.05, 0.1) is 5.75 Å². The van der Waals surface area contributed by atoms with Gasteiger partial charge in [0.15, 0.2) is 0 Å². The van der Waals surface area contributed by atoms with E-state index in [4.69, 9.17) is 0 Å². The Bertz CT molecular complexity index is 476. The molecule has 0 saturated carbocycles. The molecular weight excluding hydrogens is 306 g/mol. The Morgan fingerprint density at radius 2 is 2.18 bits per heavy atom. The molecular formula is C10H16BrN3O2S. The molecule has 0 saturated heterocycles. The zero-order valence-corrected chi connectivity index (χ0v) is 12.2. The minimum Gasteiger partial charge on any atom is -0.369 e. The fourth-order valence-corrected chi connectivity index (χ4v) is 2.72. The van der Waals surface area contributed by atoms with Gasteiger partial charge in [0.1, 0.15) is 5.82 Å². The van der Waals surface area contributed by atoms with E-state index in [0.717, 1.165) is 10.0 Å². The first-order valence-corrected chi connectivity index (χ1v) is 7.72. The normalized spacial score (nSPS) is 11.5. The van der Waals surface area contributed by atoms with Gasteiger partial charge in [-0.1, -0.05) is 6.92 Å². The third kappa shape index (κ3) is 5.01. The van der Waals surface area contributed by atoms with Crippen LogP contribution in [0.2, 0.25) is 0 Å². The van der Waals surface area contributed by atoms with Crippen LogP contribution in [0.4, 0.5) is 5.82 Å². The summed E-state index contributed by atoms with van der Waals surface area (Å²) in [5.74, 6) is 0.748. The zero-order valence-electron chi connectivity index (χ0n) is 9.83. The van der Waals surface area contributed by atoms with Crippen LogP contribution in [-0.2, 0) is 10.0 Å². The van der Waals surface area contributed by atoms with Crippen molar-refractivity contribution in [1.82, 2.24) is 9.71 Å². The molecule has 1 aromatic heterocycles. The van der Waals surface area contributed by atoms with Gasteiger partial charge in [-0.05, 0) is 34.5 Å². The van der Waals surface area contributed by atoms with Crippen LogP contribution in [0, 0.1) is 6.92 Å². The lowest BCUT2D eigenvalue weighted by Crippen LogP contribution is -2.29. The lowest BCUT2D eigenvalue weighted by atomic mass is 10.3. The number of hydrogen-bond acceptors (Lipinski definition) is 4. The van der Waals surface area contributed by atoms with Crippen molar-refractivity contribution in [3.63, 3.8) is 0 Å². The van der Waals surface area contributed by atoms with E-state index in [1.165, 1.54) is 0 Å². The predicted molar refractivity (Wildman–Crippen MR) is 72.6 cm³/mol. The first kappa shape index (κ1) is 14.4. The Kier molecular flexibility index (Phi) is 5.35. The highest BCUT2D eigenvalue weighted by Crippen LogP contribution is 2.16. The van der Waals surface area contributed by atoms with Gasteiger partial charge in [-0.2, -0.15) is 0 Å². The quantitative estimate of drug-likeness (QED) is 0.833. The maximum Gasteiger partial charge on any atom is 0.213 e. The molecule has 2 N–H and O–H groups in total. The summed E-state index contributed by atoms with van der Waals surface area (Å²) in [5, 5.41) is 3.00. The van der Waals surface area contributed by atoms with Crippen molar-refractivity contribution in [3.8, 4) is 0 Å². The van der Waals surface area contributed by atoms with Crippen LogP contribution in [0.15, 0.2) is 16.7 Å². The standard InChI is InChI=1S/C10H16BrN3O2S/c1-3-14-17(15,16)5-4-12-10-8(2)6-9(11)7-13-10/h6-7,14H,3-5H2,1-2H3,(H,12,13). The fourth-order valence-electron chi connectivity index (χ4n) is 1.32. The summed E-state index contributed by atoms with van der Waals surface area (Å²) >= 11 is 3.32. The molecule has 0 aliphatic carbocycles. The van der Waals surface area contributed by atoms with Crippen molar-refractivity contribution in [3.05, 3.63) is 22.3 Å². The summed E-state index contributed by atoms with van der Waals surface area (Å²) in [6.07, 6.45) is 1.67. The molecule has 0 atom stereocenters. The summed E-state index contributed by atoms with van der Waals surface area (Å²) in [6, 6.07) is 1.92. The molecule has 1 heterocycles. The third-order valence-corrected chi connectivity index (χ3v) is 3.98. The number of anilines is 1. The first-order valence-electron chi connectivity index (χ1n) is 5.28. The largest absolute Gasteiger partial charge is 0.369 e. The highest BCUT2D eigenvalue weighted by atomic mass is 79.9. The van der Waals surface area contributed by atoms with Gasteiger partial charge >= 0.3 is 0 Å². The average Bonchev–Trinajstić information content (AvgIpc) is 2.21. The number of rotatable bonds is 6. The van der Waals surface area contributed by atoms with E-state index < -0.39 is 10.0 Å². The van der Waals surface area contributed by atoms with Crippen molar-refractivity contribution < 1.29 is 8.42 Å². The molecule has 96 valence electrons. The molecule has 0 bridgehead atoms. The summed E-state index contributed by atoms with van der Waals surface area (Å²) in [6.45, 7) is 4.42. The average molecular weight is 322 g/mol. The number of aryl methyl sites for hydroxylation is 1. The number of halogens is 1. The Hall–Kier alpha value is -0.660. The number of nitrogens with one attached hydrogen (secondary N) is 2. The lowest BCUT2D eigenvalue weighted by molar-refractivity contribution is 0.584. The van der Waals surface area contributed by atoms with Crippen LogP contribution in [0.25, 0.3) is 0 Å². The molecule has 0 radical (unpaired) electrons. The van der Waals surface area contributed by atoms with E-state index >= 15 is 0 Å². The van der Waals surface area contributed by atoms with Gasteiger partial charge in [-0.15, -0.1) is 0 Å². The van der Waals surface area contributed by atoms with Crippen LogP contribution >= 0.6 is 15.9 Å². The minimum atomic E-state index is -3.17. The smallest absolute Gasteiger partial charge is 0.213 e. The van der Waals surface area contributed by atoms with Gasteiger partial charge < -0.3 is 5.32 Å². The van der Waals surface area contributed by atoms with E-state index in [9.17, 15) is 8.42 Å². The third-order valence-electron chi connectivity index (χ3n) is 2.07. The molecule has 17 heavy (non-hydrogen) atoms. The molecule has 1 aromatic rings. The summed E-state index contributed by atoms with van der Waals surface area (Å²) in [7, 11) is -3.17. The Balaban J connectivity index is 2.51. The van der Waals surface area contributed by atoms with Gasteiger partial charge in [-0.25, -0.2) is 18.1 Å². The molecule has 1 rings (SSSR count). The lowest BCUT2D eigenvalue weighted by Gasteiger charge is -2.09. The maximum atomic E-state index is 11.4. The van der Waals surface area contributed by atoms with Crippen LogP contribution < -0.4 is 10.0 Å². The molecule has 0 fully saturated rings. The topological polar surface area (TPSA) is 71.1 Å². The second-order valence-electron chi connectivity index (χ2n) is 3.56.